The van der Waals surface area contributed by atoms with E-state index in [1.165, 1.54) is 35.5 Å². The van der Waals surface area contributed by atoms with Crippen molar-refractivity contribution >= 4 is 58.3 Å². The molecule has 0 spiro atoms. The zero-order valence-corrected chi connectivity index (χ0v) is 23.6. The zero-order chi connectivity index (χ0) is 28.8. The third-order valence-electron chi connectivity index (χ3n) is 5.78. The Bertz CT molecular complexity index is 1670. The lowest BCUT2D eigenvalue weighted by Gasteiger charge is -2.14. The number of amides is 2. The molecule has 0 aliphatic rings. The Labute approximate surface area is 247 Å². The van der Waals surface area contributed by atoms with Crippen LogP contribution in [0.25, 0.3) is 23.0 Å². The predicted octanol–water partition coefficient (Wildman–Crippen LogP) is 5.11. The second-order valence-electron chi connectivity index (χ2n) is 8.46. The van der Waals surface area contributed by atoms with Gasteiger partial charge in [0.15, 0.2) is 0 Å². The van der Waals surface area contributed by atoms with Crippen molar-refractivity contribution in [1.82, 2.24) is 40.5 Å². The average molecular weight is 610 g/mol. The number of nitrogens with one attached hydrogen (secondary N) is 3. The highest BCUT2D eigenvalue weighted by molar-refractivity contribution is 7.09. The fourth-order valence-electron chi connectivity index (χ4n) is 3.87. The summed E-state index contributed by atoms with van der Waals surface area (Å²) in [5, 5.41) is 20.3. The summed E-state index contributed by atoms with van der Waals surface area (Å²) in [4.78, 5) is 36.7. The monoisotopic (exact) mass is 609 g/mol. The van der Waals surface area contributed by atoms with Gasteiger partial charge in [-0.3, -0.25) is 10.1 Å². The molecule has 0 aliphatic carbocycles. The summed E-state index contributed by atoms with van der Waals surface area (Å²) in [5.74, 6) is 0.0809. The van der Waals surface area contributed by atoms with Crippen LogP contribution in [0.3, 0.4) is 0 Å². The molecule has 2 amide bonds. The van der Waals surface area contributed by atoms with Crippen LogP contribution in [0.4, 0.5) is 10.5 Å². The Kier molecular flexibility index (Phi) is 8.67. The molecule has 1 atom stereocenters. The van der Waals surface area contributed by atoms with Crippen LogP contribution in [0, 0.1) is 0 Å². The predicted molar refractivity (Wildman–Crippen MR) is 155 cm³/mol. The largest absolute Gasteiger partial charge is 0.453 e. The maximum atomic E-state index is 13.1. The lowest BCUT2D eigenvalue weighted by atomic mass is 10.1. The molecule has 1 unspecified atom stereocenters. The highest BCUT2D eigenvalue weighted by Crippen LogP contribution is 2.30. The number of imidazole rings is 1. The quantitative estimate of drug-likeness (QED) is 0.195. The van der Waals surface area contributed by atoms with Crippen LogP contribution in [0.1, 0.15) is 22.4 Å². The lowest BCUT2D eigenvalue weighted by Crippen LogP contribution is -2.29. The third kappa shape index (κ3) is 6.95. The third-order valence-corrected chi connectivity index (χ3v) is 7.09. The Morgan fingerprint density at radius 1 is 1.20 bits per heavy atom. The minimum Gasteiger partial charge on any atom is -0.453 e. The Balaban J connectivity index is 1.38. The van der Waals surface area contributed by atoms with E-state index < -0.39 is 12.1 Å². The summed E-state index contributed by atoms with van der Waals surface area (Å²) in [5.41, 5.74) is 3.05. The van der Waals surface area contributed by atoms with Gasteiger partial charge in [0, 0.05) is 45.9 Å². The van der Waals surface area contributed by atoms with Gasteiger partial charge in [0.2, 0.25) is 5.91 Å². The van der Waals surface area contributed by atoms with Crippen LogP contribution in [-0.2, 0) is 16.0 Å². The molecule has 0 radical (unpaired) electrons. The number of methoxy groups -OCH3 is 1. The fourth-order valence-corrected chi connectivity index (χ4v) is 4.97. The number of ether oxygens (including phenoxy) is 1. The van der Waals surface area contributed by atoms with E-state index in [0.717, 1.165) is 5.01 Å². The molecule has 3 N–H and O–H groups in total. The van der Waals surface area contributed by atoms with Crippen LogP contribution in [-0.4, -0.2) is 54.3 Å². The summed E-state index contributed by atoms with van der Waals surface area (Å²) >= 11 is 14.2. The average Bonchev–Trinajstić information content (AvgIpc) is 3.75. The molecule has 15 heteroatoms. The van der Waals surface area contributed by atoms with Gasteiger partial charge in [0.05, 0.1) is 23.8 Å². The number of hydrogen-bond donors (Lipinski definition) is 3. The molecule has 5 aromatic rings. The molecule has 0 saturated heterocycles. The van der Waals surface area contributed by atoms with Gasteiger partial charge < -0.3 is 15.0 Å². The Hall–Kier alpha value is -4.59. The van der Waals surface area contributed by atoms with E-state index in [1.807, 2.05) is 5.38 Å². The van der Waals surface area contributed by atoms with E-state index in [4.69, 9.17) is 28.2 Å². The number of nitrogens with zero attached hydrogens (tertiary/aromatic N) is 6. The number of halogens is 2. The molecule has 12 nitrogen and oxygen atoms in total. The second-order valence-corrected chi connectivity index (χ2v) is 10.3. The van der Waals surface area contributed by atoms with Gasteiger partial charge in [0.25, 0.3) is 0 Å². The topological polar surface area (TPSA) is 153 Å². The maximum absolute atomic E-state index is 13.1. The van der Waals surface area contributed by atoms with E-state index in [1.54, 1.807) is 54.7 Å². The molecular weight excluding hydrogens is 589 g/mol. The standard InChI is InChI=1S/C26H21Cl2N9O3S/c1-40-26(39)31-18-6-2-15(3-7-18)23-24(28)34-25(33-23)19(13-22-29-10-11-41-22)32-21(38)9-4-16-12-17(27)5-8-20(16)37-14-30-35-36-37/h2-12,14,19H,13H2,1H3,(H,31,39)(H,32,38)(H,33,34). The number of carbonyl (C=O) groups excluding carboxylic acids is 2. The highest BCUT2D eigenvalue weighted by atomic mass is 35.5. The molecule has 3 aromatic heterocycles. The van der Waals surface area contributed by atoms with Crippen molar-refractivity contribution in [3.8, 4) is 16.9 Å². The molecule has 208 valence electrons. The molecule has 0 fully saturated rings. The molecule has 0 aliphatic heterocycles. The van der Waals surface area contributed by atoms with E-state index in [9.17, 15) is 9.59 Å². The summed E-state index contributed by atoms with van der Waals surface area (Å²) in [6.45, 7) is 0. The van der Waals surface area contributed by atoms with Gasteiger partial charge in [-0.05, 0) is 46.8 Å². The second kappa shape index (κ2) is 12.7. The van der Waals surface area contributed by atoms with Crippen molar-refractivity contribution < 1.29 is 14.3 Å². The Morgan fingerprint density at radius 3 is 2.73 bits per heavy atom. The maximum Gasteiger partial charge on any atom is 0.411 e. The molecule has 3 heterocycles. The highest BCUT2D eigenvalue weighted by Gasteiger charge is 2.22. The van der Waals surface area contributed by atoms with Crippen LogP contribution >= 0.6 is 34.5 Å². The van der Waals surface area contributed by atoms with E-state index in [-0.39, 0.29) is 5.91 Å². The van der Waals surface area contributed by atoms with Crippen LogP contribution in [0.15, 0.2) is 66.4 Å². The first-order chi connectivity index (χ1) is 19.9. The number of aromatic amines is 1. The van der Waals surface area contributed by atoms with Crippen LogP contribution < -0.4 is 10.6 Å². The first-order valence-corrected chi connectivity index (χ1v) is 13.6. The van der Waals surface area contributed by atoms with E-state index in [2.05, 4.69) is 40.9 Å². The summed E-state index contributed by atoms with van der Waals surface area (Å²) in [7, 11) is 1.29. The van der Waals surface area contributed by atoms with Gasteiger partial charge in [-0.25, -0.2) is 14.8 Å². The number of carbonyl (C=O) groups is 2. The van der Waals surface area contributed by atoms with Crippen molar-refractivity contribution in [3.63, 3.8) is 0 Å². The van der Waals surface area contributed by atoms with Crippen molar-refractivity contribution in [3.05, 3.63) is 93.0 Å². The summed E-state index contributed by atoms with van der Waals surface area (Å²) in [6.07, 6.45) is 5.98. The van der Waals surface area contributed by atoms with Crippen molar-refractivity contribution in [2.45, 2.75) is 12.5 Å². The van der Waals surface area contributed by atoms with Gasteiger partial charge in [-0.15, -0.1) is 16.4 Å². The lowest BCUT2D eigenvalue weighted by molar-refractivity contribution is -0.117. The number of H-pyrrole nitrogens is 1. The van der Waals surface area contributed by atoms with Gasteiger partial charge >= 0.3 is 6.09 Å². The summed E-state index contributed by atoms with van der Waals surface area (Å²) < 4.78 is 6.09. The van der Waals surface area contributed by atoms with Crippen molar-refractivity contribution in [1.29, 1.82) is 0 Å². The van der Waals surface area contributed by atoms with Gasteiger partial charge in [-0.2, -0.15) is 4.68 Å². The minimum atomic E-state index is -0.574. The molecule has 41 heavy (non-hydrogen) atoms. The van der Waals surface area contributed by atoms with Crippen molar-refractivity contribution in [2.24, 2.45) is 0 Å². The smallest absolute Gasteiger partial charge is 0.411 e. The van der Waals surface area contributed by atoms with Crippen LogP contribution in [0.5, 0.6) is 0 Å². The normalized spacial score (nSPS) is 11.9. The molecular formula is C26H21Cl2N9O3S. The molecule has 2 aromatic carbocycles. The first-order valence-electron chi connectivity index (χ1n) is 12.0. The van der Waals surface area contributed by atoms with E-state index in [0.29, 0.717) is 50.6 Å². The molecule has 0 saturated carbocycles. The summed E-state index contributed by atoms with van der Waals surface area (Å²) in [6, 6.07) is 11.5. The number of thiazole rings is 1. The van der Waals surface area contributed by atoms with Crippen molar-refractivity contribution in [2.75, 3.05) is 12.4 Å². The zero-order valence-electron chi connectivity index (χ0n) is 21.3. The minimum absolute atomic E-state index is 0.299. The SMILES string of the molecule is COC(=O)Nc1ccc(-c2nc(C(Cc3nccs3)NC(=O)C=Cc3cc(Cl)ccc3-n3cnnn3)[nH]c2Cl)cc1. The number of aromatic nitrogens is 7. The van der Waals surface area contributed by atoms with Gasteiger partial charge in [0.1, 0.15) is 23.0 Å². The number of anilines is 1. The number of tetrazole rings is 1. The van der Waals surface area contributed by atoms with E-state index >= 15 is 0 Å². The molecule has 0 bridgehead atoms. The Morgan fingerprint density at radius 2 is 2.02 bits per heavy atom. The fraction of sp³-hybridized carbons (Fsp3) is 0.115. The van der Waals surface area contributed by atoms with Crippen LogP contribution in [0.2, 0.25) is 10.2 Å². The molecule has 5 rings (SSSR count). The number of hydrogen-bond acceptors (Lipinski definition) is 9. The number of benzene rings is 2. The number of rotatable bonds is 9. The first kappa shape index (κ1) is 28.0. The van der Waals surface area contributed by atoms with Gasteiger partial charge in [-0.1, -0.05) is 35.3 Å².